The first-order valence-electron chi connectivity index (χ1n) is 9.92. The van der Waals surface area contributed by atoms with Gasteiger partial charge in [-0.2, -0.15) is 0 Å². The topological polar surface area (TPSA) is 35.5 Å². The molecule has 29 heavy (non-hydrogen) atoms. The van der Waals surface area contributed by atoms with Gasteiger partial charge in [-0.1, -0.05) is 45.9 Å². The normalized spacial score (nSPS) is 17.4. The number of carbonyl (C=O) groups is 1. The number of halogens is 1. The molecule has 0 aromatic heterocycles. The number of benzene rings is 2. The summed E-state index contributed by atoms with van der Waals surface area (Å²) in [6, 6.07) is 12.1. The Morgan fingerprint density at radius 1 is 0.966 bits per heavy atom. The molecule has 0 saturated carbocycles. The molecule has 0 heterocycles. The minimum absolute atomic E-state index is 0.182. The van der Waals surface area contributed by atoms with E-state index >= 15 is 0 Å². The number of methoxy groups -OCH3 is 1. The van der Waals surface area contributed by atoms with Crippen LogP contribution in [0.15, 0.2) is 42.7 Å². The lowest BCUT2D eigenvalue weighted by Gasteiger charge is -2.42. The Balaban J connectivity index is 1.87. The fraction of sp³-hybridized carbons (Fsp3) is 0.400. The summed E-state index contributed by atoms with van der Waals surface area (Å²) in [7, 11) is 1.38. The highest BCUT2D eigenvalue weighted by molar-refractivity contribution is 14.1. The molecule has 1 aliphatic rings. The molecular weight excluding hydrogens is 475 g/mol. The maximum absolute atomic E-state index is 11.7. The average Bonchev–Trinajstić information content (AvgIpc) is 2.69. The van der Waals surface area contributed by atoms with Crippen LogP contribution in [0, 0.1) is 3.57 Å². The smallest absolute Gasteiger partial charge is 0.337 e. The first-order valence-corrected chi connectivity index (χ1v) is 11.0. The largest absolute Gasteiger partial charge is 0.465 e. The molecule has 3 nitrogen and oxygen atoms in total. The summed E-state index contributed by atoms with van der Waals surface area (Å²) in [5.41, 5.74) is 6.06. The van der Waals surface area contributed by atoms with Crippen LogP contribution >= 0.6 is 22.6 Å². The van der Waals surface area contributed by atoms with E-state index in [4.69, 9.17) is 9.47 Å². The lowest BCUT2D eigenvalue weighted by atomic mass is 9.63. The Hall–Kier alpha value is -1.82. The van der Waals surface area contributed by atoms with Crippen molar-refractivity contribution in [1.82, 2.24) is 0 Å². The number of hydrogen-bond donors (Lipinski definition) is 0. The van der Waals surface area contributed by atoms with Crippen molar-refractivity contribution in [2.45, 2.75) is 58.3 Å². The maximum atomic E-state index is 11.7. The van der Waals surface area contributed by atoms with Crippen LogP contribution in [0.5, 0.6) is 5.75 Å². The second kappa shape index (κ2) is 8.13. The molecular formula is C25H29IO3. The van der Waals surface area contributed by atoms with Crippen molar-refractivity contribution in [1.29, 1.82) is 0 Å². The Morgan fingerprint density at radius 2 is 1.59 bits per heavy atom. The molecule has 0 radical (unpaired) electrons. The van der Waals surface area contributed by atoms with Crippen molar-refractivity contribution in [3.8, 4) is 5.75 Å². The number of carbonyl (C=O) groups excluding carboxylic acids is 1. The Labute approximate surface area is 187 Å². The minimum Gasteiger partial charge on any atom is -0.465 e. The number of ether oxygens (including phenoxy) is 2. The fourth-order valence-corrected chi connectivity index (χ4v) is 4.54. The predicted molar refractivity (Wildman–Crippen MR) is 127 cm³/mol. The van der Waals surface area contributed by atoms with Gasteiger partial charge in [-0.15, -0.1) is 0 Å². The van der Waals surface area contributed by atoms with Crippen molar-refractivity contribution < 1.29 is 14.3 Å². The van der Waals surface area contributed by atoms with Gasteiger partial charge >= 0.3 is 5.97 Å². The Bertz CT molecular complexity index is 970. The molecule has 0 amide bonds. The third kappa shape index (κ3) is 4.52. The van der Waals surface area contributed by atoms with Crippen molar-refractivity contribution in [3.63, 3.8) is 0 Å². The molecule has 0 aliphatic heterocycles. The Kier molecular flexibility index (Phi) is 6.13. The summed E-state index contributed by atoms with van der Waals surface area (Å²) in [6.45, 7) is 11.4. The van der Waals surface area contributed by atoms with Gasteiger partial charge < -0.3 is 9.47 Å². The van der Waals surface area contributed by atoms with E-state index in [1.165, 1.54) is 36.6 Å². The molecule has 0 N–H and O–H groups in total. The first kappa shape index (κ1) is 21.9. The lowest BCUT2D eigenvalue weighted by molar-refractivity contribution is 0.0600. The number of esters is 1. The molecule has 0 fully saturated rings. The van der Waals surface area contributed by atoms with Crippen molar-refractivity contribution in [3.05, 3.63) is 68.5 Å². The molecule has 0 spiro atoms. The first-order chi connectivity index (χ1) is 13.5. The summed E-state index contributed by atoms with van der Waals surface area (Å²) in [5, 5.41) is 0. The van der Waals surface area contributed by atoms with Gasteiger partial charge in [-0.25, -0.2) is 4.79 Å². The third-order valence-corrected chi connectivity index (χ3v) is 6.87. The highest BCUT2D eigenvalue weighted by atomic mass is 127. The fourth-order valence-electron chi connectivity index (χ4n) is 3.90. The minimum atomic E-state index is -0.346. The molecule has 3 rings (SSSR count). The molecule has 2 aromatic rings. The van der Waals surface area contributed by atoms with Gasteiger partial charge in [0, 0.05) is 0 Å². The summed E-state index contributed by atoms with van der Waals surface area (Å²) < 4.78 is 11.6. The zero-order valence-corrected chi connectivity index (χ0v) is 20.2. The average molecular weight is 504 g/mol. The van der Waals surface area contributed by atoms with E-state index < -0.39 is 0 Å². The van der Waals surface area contributed by atoms with Gasteiger partial charge in [0.15, 0.2) is 0 Å². The van der Waals surface area contributed by atoms with E-state index in [2.05, 4.69) is 75.4 Å². The van der Waals surface area contributed by atoms with E-state index in [9.17, 15) is 4.79 Å². The molecule has 2 aromatic carbocycles. The molecule has 4 heteroatoms. The van der Waals surface area contributed by atoms with E-state index in [1.807, 2.05) is 0 Å². The third-order valence-electron chi connectivity index (χ3n) is 6.02. The Morgan fingerprint density at radius 3 is 2.21 bits per heavy atom. The van der Waals surface area contributed by atoms with E-state index in [-0.39, 0.29) is 16.8 Å². The molecule has 0 saturated heterocycles. The monoisotopic (exact) mass is 504 g/mol. The molecule has 154 valence electrons. The van der Waals surface area contributed by atoms with E-state index in [0.717, 1.165) is 14.9 Å². The molecule has 0 atom stereocenters. The summed E-state index contributed by atoms with van der Waals surface area (Å²) >= 11 is 2.17. The van der Waals surface area contributed by atoms with Crippen LogP contribution in [0.3, 0.4) is 0 Å². The van der Waals surface area contributed by atoms with Crippen molar-refractivity contribution in [2.24, 2.45) is 0 Å². The van der Waals surface area contributed by atoms with Gasteiger partial charge in [0.05, 0.1) is 22.5 Å². The molecule has 0 bridgehead atoms. The van der Waals surface area contributed by atoms with Crippen LogP contribution in [0.1, 0.15) is 74.5 Å². The van der Waals surface area contributed by atoms with Gasteiger partial charge in [-0.05, 0) is 93.6 Å². The highest BCUT2D eigenvalue weighted by Gasteiger charge is 2.36. The second-order valence-corrected chi connectivity index (χ2v) is 10.2. The van der Waals surface area contributed by atoms with Crippen LogP contribution in [-0.2, 0) is 15.6 Å². The number of rotatable bonds is 4. The van der Waals surface area contributed by atoms with Crippen molar-refractivity contribution in [2.75, 3.05) is 7.11 Å². The van der Waals surface area contributed by atoms with E-state index in [1.54, 1.807) is 24.5 Å². The number of hydrogen-bond acceptors (Lipinski definition) is 3. The van der Waals surface area contributed by atoms with Crippen LogP contribution in [0.25, 0.3) is 5.57 Å². The van der Waals surface area contributed by atoms with Gasteiger partial charge in [0.25, 0.3) is 0 Å². The zero-order chi connectivity index (χ0) is 21.4. The molecule has 1 aliphatic carbocycles. The maximum Gasteiger partial charge on any atom is 0.337 e. The number of fused-ring (bicyclic) bond motifs is 1. The van der Waals surface area contributed by atoms with Gasteiger partial charge in [-0.3, -0.25) is 0 Å². The lowest BCUT2D eigenvalue weighted by Crippen LogP contribution is -2.33. The summed E-state index contributed by atoms with van der Waals surface area (Å²) in [6.07, 6.45) is 4.20. The van der Waals surface area contributed by atoms with Gasteiger partial charge in [0.1, 0.15) is 5.75 Å². The van der Waals surface area contributed by atoms with Crippen LogP contribution < -0.4 is 4.74 Å². The van der Waals surface area contributed by atoms with Crippen LogP contribution in [-0.4, -0.2) is 13.1 Å². The van der Waals surface area contributed by atoms with E-state index in [0.29, 0.717) is 5.56 Å². The SMILES string of the molecule is COC(=O)c1ccc(OC=C(C)c2ccc3c(c2)C(C)(C)CCC3(C)C)c(I)c1. The predicted octanol–water partition coefficient (Wildman–Crippen LogP) is 6.87. The van der Waals surface area contributed by atoms with Crippen LogP contribution in [0.2, 0.25) is 0 Å². The summed E-state index contributed by atoms with van der Waals surface area (Å²) in [4.78, 5) is 11.7. The quantitative estimate of drug-likeness (QED) is 0.259. The van der Waals surface area contributed by atoms with Crippen LogP contribution in [0.4, 0.5) is 0 Å². The molecule has 0 unspecified atom stereocenters. The van der Waals surface area contributed by atoms with Gasteiger partial charge in [0.2, 0.25) is 0 Å². The summed E-state index contributed by atoms with van der Waals surface area (Å²) in [5.74, 6) is 0.373. The second-order valence-electron chi connectivity index (χ2n) is 9.08. The zero-order valence-electron chi connectivity index (χ0n) is 18.1. The number of allylic oxidation sites excluding steroid dienone is 1. The highest BCUT2D eigenvalue weighted by Crippen LogP contribution is 2.46. The van der Waals surface area contributed by atoms with Crippen molar-refractivity contribution >= 4 is 34.1 Å². The standard InChI is InChI=1S/C25H29IO3/c1-16(15-29-22-10-8-18(14-21(22)26)23(27)28-6)17-7-9-19-20(13-17)25(4,5)12-11-24(19,2)3/h7-10,13-15H,11-12H2,1-6H3.